The van der Waals surface area contributed by atoms with Crippen LogP contribution in [0.1, 0.15) is 47.5 Å². The highest BCUT2D eigenvalue weighted by atomic mass is 32.2. The zero-order valence-electron chi connectivity index (χ0n) is 15.2. The molecule has 0 bridgehead atoms. The van der Waals surface area contributed by atoms with Crippen LogP contribution in [0.25, 0.3) is 10.9 Å². The first-order chi connectivity index (χ1) is 12.6. The minimum atomic E-state index is -0.564. The van der Waals surface area contributed by atoms with Gasteiger partial charge in [-0.15, -0.1) is 11.8 Å². The molecule has 1 saturated carbocycles. The molecule has 0 radical (unpaired) electrons. The van der Waals surface area contributed by atoms with E-state index in [0.717, 1.165) is 10.9 Å². The van der Waals surface area contributed by atoms with Gasteiger partial charge in [0.25, 0.3) is 5.91 Å². The highest BCUT2D eigenvalue weighted by Crippen LogP contribution is 2.40. The first kappa shape index (κ1) is 18.6. The van der Waals surface area contributed by atoms with E-state index in [1.165, 1.54) is 44.1 Å². The summed E-state index contributed by atoms with van der Waals surface area (Å²) in [6.45, 7) is 0. The molecule has 5 nitrogen and oxygen atoms in total. The van der Waals surface area contributed by atoms with E-state index >= 15 is 0 Å². The number of hydrogen-bond donors (Lipinski definition) is 1. The zero-order valence-corrected chi connectivity index (χ0v) is 16.0. The summed E-state index contributed by atoms with van der Waals surface area (Å²) < 4.78 is 10.6. The number of carbonyl (C=O) groups excluding carboxylic acids is 1. The van der Waals surface area contributed by atoms with Crippen molar-refractivity contribution in [2.75, 3.05) is 20.0 Å². The summed E-state index contributed by atoms with van der Waals surface area (Å²) in [5, 5.41) is 2.93. The first-order valence-electron chi connectivity index (χ1n) is 8.77. The molecule has 2 aromatic rings. The lowest BCUT2D eigenvalue weighted by Crippen LogP contribution is -2.14. The van der Waals surface area contributed by atoms with Crippen molar-refractivity contribution in [3.05, 3.63) is 40.8 Å². The van der Waals surface area contributed by atoms with Crippen molar-refractivity contribution < 1.29 is 14.3 Å². The predicted molar refractivity (Wildman–Crippen MR) is 106 cm³/mol. The van der Waals surface area contributed by atoms with Gasteiger partial charge in [-0.3, -0.25) is 4.79 Å². The van der Waals surface area contributed by atoms with Crippen molar-refractivity contribution in [2.24, 2.45) is 5.73 Å². The number of allylic oxidation sites excluding steroid dienone is 1. The molecule has 1 aliphatic carbocycles. The Morgan fingerprint density at radius 2 is 2.04 bits per heavy atom. The van der Waals surface area contributed by atoms with E-state index in [1.54, 1.807) is 13.2 Å². The lowest BCUT2D eigenvalue weighted by Gasteiger charge is -2.26. The van der Waals surface area contributed by atoms with Crippen LogP contribution in [0.4, 0.5) is 0 Å². The summed E-state index contributed by atoms with van der Waals surface area (Å²) in [4.78, 5) is 15.9. The fourth-order valence-corrected chi connectivity index (χ4v) is 3.74. The van der Waals surface area contributed by atoms with Crippen LogP contribution in [0.3, 0.4) is 0 Å². The number of amides is 1. The van der Waals surface area contributed by atoms with E-state index in [0.29, 0.717) is 11.7 Å². The lowest BCUT2D eigenvalue weighted by molar-refractivity contribution is 0.0997. The Labute approximate surface area is 158 Å². The monoisotopic (exact) mass is 372 g/mol. The number of aromatic nitrogens is 1. The van der Waals surface area contributed by atoms with Crippen LogP contribution in [0.15, 0.2) is 29.7 Å². The molecule has 6 heteroatoms. The van der Waals surface area contributed by atoms with Gasteiger partial charge < -0.3 is 15.2 Å². The Morgan fingerprint density at radius 3 is 2.50 bits per heavy atom. The van der Waals surface area contributed by atoms with Crippen molar-refractivity contribution in [2.45, 2.75) is 31.6 Å². The molecule has 26 heavy (non-hydrogen) atoms. The van der Waals surface area contributed by atoms with Crippen LogP contribution in [0.2, 0.25) is 0 Å². The Bertz CT molecular complexity index is 825. The van der Waals surface area contributed by atoms with Gasteiger partial charge in [0.1, 0.15) is 11.3 Å². The fraction of sp³-hybridized carbons (Fsp3) is 0.400. The van der Waals surface area contributed by atoms with E-state index in [-0.39, 0.29) is 11.4 Å². The van der Waals surface area contributed by atoms with Gasteiger partial charge in [0.05, 0.1) is 19.7 Å². The maximum Gasteiger partial charge on any atom is 0.254 e. The average Bonchev–Trinajstić information content (AvgIpc) is 3.18. The number of thioether (sulfide) groups is 1. The number of hydrogen-bond acceptors (Lipinski definition) is 5. The van der Waals surface area contributed by atoms with Crippen molar-refractivity contribution in [3.63, 3.8) is 0 Å². The summed E-state index contributed by atoms with van der Waals surface area (Å²) in [5.74, 6) is 2.29. The molecule has 1 aromatic carbocycles. The third kappa shape index (κ3) is 3.96. The van der Waals surface area contributed by atoms with Gasteiger partial charge in [0.15, 0.2) is 0 Å². The Hall–Kier alpha value is -2.21. The summed E-state index contributed by atoms with van der Waals surface area (Å²) in [7, 11) is 3.10. The SMILES string of the molecule is C1=CSCC1.COc1nc2cc(C3CCC3)cc(OC)c2cc1C(N)=O. The topological polar surface area (TPSA) is 74.4 Å². The molecule has 1 fully saturated rings. The molecule has 138 valence electrons. The van der Waals surface area contributed by atoms with Crippen molar-refractivity contribution in [1.29, 1.82) is 0 Å². The standard InChI is InChI=1S/C16H18N2O3.C4H6S/c1-20-14-7-10(9-4-3-5-9)6-13-11(14)8-12(15(17)19)16(18-13)21-2;1-2-4-5-3-1/h6-9H,3-5H2,1-2H3,(H2,17,19);1,3H,2,4H2. The van der Waals surface area contributed by atoms with Gasteiger partial charge in [-0.05, 0) is 54.4 Å². The molecule has 1 amide bonds. The van der Waals surface area contributed by atoms with Crippen LogP contribution in [0, 0.1) is 0 Å². The Morgan fingerprint density at radius 1 is 1.23 bits per heavy atom. The van der Waals surface area contributed by atoms with Gasteiger partial charge in [-0.2, -0.15) is 0 Å². The summed E-state index contributed by atoms with van der Waals surface area (Å²) in [5.41, 5.74) is 7.64. The number of benzene rings is 1. The van der Waals surface area contributed by atoms with Crippen molar-refractivity contribution >= 4 is 28.6 Å². The number of primary amides is 1. The number of fused-ring (bicyclic) bond motifs is 1. The van der Waals surface area contributed by atoms with Gasteiger partial charge in [0.2, 0.25) is 5.88 Å². The number of ether oxygens (including phenoxy) is 2. The van der Waals surface area contributed by atoms with Crippen LogP contribution in [-0.4, -0.2) is 30.9 Å². The normalized spacial score (nSPS) is 15.9. The quantitative estimate of drug-likeness (QED) is 0.868. The molecule has 1 aromatic heterocycles. The number of carbonyl (C=O) groups is 1. The van der Waals surface area contributed by atoms with Crippen molar-refractivity contribution in [1.82, 2.24) is 4.98 Å². The lowest BCUT2D eigenvalue weighted by atomic mass is 9.79. The zero-order chi connectivity index (χ0) is 18.5. The second kappa shape index (κ2) is 8.45. The molecule has 0 unspecified atom stereocenters. The minimum Gasteiger partial charge on any atom is -0.496 e. The average molecular weight is 372 g/mol. The second-order valence-corrected chi connectivity index (χ2v) is 7.37. The molecule has 0 atom stereocenters. The summed E-state index contributed by atoms with van der Waals surface area (Å²) in [6.07, 6.45) is 7.15. The molecule has 2 N–H and O–H groups in total. The maximum absolute atomic E-state index is 11.5. The molecule has 2 heterocycles. The summed E-state index contributed by atoms with van der Waals surface area (Å²) >= 11 is 1.89. The van der Waals surface area contributed by atoms with E-state index < -0.39 is 5.91 Å². The van der Waals surface area contributed by atoms with Gasteiger partial charge in [-0.25, -0.2) is 4.98 Å². The van der Waals surface area contributed by atoms with Crippen molar-refractivity contribution in [3.8, 4) is 11.6 Å². The number of rotatable bonds is 4. The maximum atomic E-state index is 11.5. The van der Waals surface area contributed by atoms with Crippen LogP contribution in [-0.2, 0) is 0 Å². The Kier molecular flexibility index (Phi) is 6.04. The first-order valence-corrected chi connectivity index (χ1v) is 9.82. The molecule has 0 spiro atoms. The molecule has 2 aliphatic rings. The number of pyridine rings is 1. The van der Waals surface area contributed by atoms with E-state index in [9.17, 15) is 4.79 Å². The molecule has 1 aliphatic heterocycles. The molecule has 0 saturated heterocycles. The molecule has 4 rings (SSSR count). The van der Waals surface area contributed by atoms with Crippen LogP contribution < -0.4 is 15.2 Å². The van der Waals surface area contributed by atoms with E-state index in [4.69, 9.17) is 15.2 Å². The number of nitrogens with zero attached hydrogens (tertiary/aromatic N) is 1. The number of nitrogens with two attached hydrogens (primary N) is 1. The van der Waals surface area contributed by atoms with Gasteiger partial charge >= 0.3 is 0 Å². The minimum absolute atomic E-state index is 0.253. The largest absolute Gasteiger partial charge is 0.496 e. The van der Waals surface area contributed by atoms with E-state index in [1.807, 2.05) is 17.8 Å². The highest BCUT2D eigenvalue weighted by Gasteiger charge is 2.22. The number of methoxy groups -OCH3 is 2. The Balaban J connectivity index is 0.000000339. The third-order valence-corrected chi connectivity index (χ3v) is 5.59. The smallest absolute Gasteiger partial charge is 0.254 e. The van der Waals surface area contributed by atoms with Gasteiger partial charge in [-0.1, -0.05) is 12.5 Å². The van der Waals surface area contributed by atoms with Crippen LogP contribution in [0.5, 0.6) is 11.6 Å². The third-order valence-electron chi connectivity index (χ3n) is 4.73. The van der Waals surface area contributed by atoms with E-state index in [2.05, 4.69) is 22.5 Å². The molecular weight excluding hydrogens is 348 g/mol. The summed E-state index contributed by atoms with van der Waals surface area (Å²) in [6, 6.07) is 5.77. The predicted octanol–water partition coefficient (Wildman–Crippen LogP) is 4.26. The fourth-order valence-electron chi connectivity index (χ4n) is 3.06. The van der Waals surface area contributed by atoms with Gasteiger partial charge in [0, 0.05) is 11.1 Å². The second-order valence-electron chi connectivity index (χ2n) is 6.36. The molecular formula is C20H24N2O3S. The highest BCUT2D eigenvalue weighted by molar-refractivity contribution is 8.02. The van der Waals surface area contributed by atoms with Crippen LogP contribution >= 0.6 is 11.8 Å².